The summed E-state index contributed by atoms with van der Waals surface area (Å²) < 4.78 is 54.9. The quantitative estimate of drug-likeness (QED) is 0.873. The summed E-state index contributed by atoms with van der Waals surface area (Å²) in [4.78, 5) is 3.76. The molecule has 5 unspecified atom stereocenters. The molecule has 0 aromatic carbocycles. The van der Waals surface area contributed by atoms with E-state index in [1.54, 1.807) is 0 Å². The molecule has 2 N–H and O–H groups in total. The average Bonchev–Trinajstić information content (AvgIpc) is 2.49. The van der Waals surface area contributed by atoms with E-state index >= 15 is 0 Å². The van der Waals surface area contributed by atoms with Gasteiger partial charge in [-0.15, -0.1) is 0 Å². The van der Waals surface area contributed by atoms with Gasteiger partial charge >= 0.3 is 6.18 Å². The van der Waals surface area contributed by atoms with Crippen molar-refractivity contribution in [1.29, 1.82) is 5.26 Å². The molecule has 130 valence electrons. The fraction of sp³-hybridized carbons (Fsp3) is 0.571. The first-order valence-electron chi connectivity index (χ1n) is 7.04. The summed E-state index contributed by atoms with van der Waals surface area (Å²) in [5.41, 5.74) is 3.83. The van der Waals surface area contributed by atoms with Gasteiger partial charge in [-0.3, -0.25) is 0 Å². The molecule has 5 atom stereocenters. The van der Waals surface area contributed by atoms with E-state index in [2.05, 4.69) is 4.98 Å². The maximum absolute atomic E-state index is 12.8. The summed E-state index contributed by atoms with van der Waals surface area (Å²) in [5.74, 6) is 0. The van der Waals surface area contributed by atoms with Crippen molar-refractivity contribution in [3.8, 4) is 6.07 Å². The first-order valence-corrected chi connectivity index (χ1v) is 7.92. The number of nitrogens with two attached hydrogens (primary N) is 1. The Labute approximate surface area is 140 Å². The van der Waals surface area contributed by atoms with Gasteiger partial charge in [-0.05, 0) is 6.07 Å². The summed E-state index contributed by atoms with van der Waals surface area (Å²) in [6.45, 7) is 0.417. The first kappa shape index (κ1) is 17.4. The molecule has 0 saturated carbocycles. The second-order valence-corrected chi connectivity index (χ2v) is 6.58. The van der Waals surface area contributed by atoms with E-state index in [9.17, 15) is 13.2 Å². The Morgan fingerprint density at radius 2 is 2.25 bits per heavy atom. The lowest BCUT2D eigenvalue weighted by Crippen LogP contribution is -2.68. The van der Waals surface area contributed by atoms with E-state index in [-0.39, 0.29) is 12.2 Å². The number of nitrogens with zero attached hydrogens (tertiary/aromatic N) is 2. The Balaban J connectivity index is 1.81. The Kier molecular flexibility index (Phi) is 4.72. The van der Waals surface area contributed by atoms with Crippen LogP contribution in [0.25, 0.3) is 0 Å². The van der Waals surface area contributed by atoms with E-state index in [4.69, 9.17) is 25.2 Å². The van der Waals surface area contributed by atoms with Crippen LogP contribution in [0.2, 0.25) is 0 Å². The van der Waals surface area contributed by atoms with Gasteiger partial charge in [-0.25, -0.2) is 4.98 Å². The minimum absolute atomic E-state index is 0.165. The number of pyridine rings is 1. The van der Waals surface area contributed by atoms with E-state index in [0.717, 1.165) is 24.0 Å². The van der Waals surface area contributed by atoms with Crippen LogP contribution in [0.3, 0.4) is 0 Å². The van der Waals surface area contributed by atoms with Crippen molar-refractivity contribution in [2.45, 2.75) is 40.9 Å². The molecule has 10 heteroatoms. The lowest BCUT2D eigenvalue weighted by molar-refractivity contribution is -0.254. The molecule has 3 rings (SSSR count). The van der Waals surface area contributed by atoms with Crippen molar-refractivity contribution in [2.75, 3.05) is 13.7 Å². The molecule has 2 aliphatic heterocycles. The number of rotatable bonds is 3. The third-order valence-corrected chi connectivity index (χ3v) is 5.04. The number of aromatic nitrogens is 1. The number of halogens is 3. The summed E-state index contributed by atoms with van der Waals surface area (Å²) in [6, 6.07) is 2.27. The van der Waals surface area contributed by atoms with Gasteiger partial charge in [0.05, 0.1) is 18.2 Å². The number of alkyl halides is 3. The van der Waals surface area contributed by atoms with Crippen molar-refractivity contribution in [3.05, 3.63) is 23.5 Å². The zero-order valence-electron chi connectivity index (χ0n) is 12.5. The molecule has 1 aromatic heterocycles. The number of fused-ring (bicyclic) bond motifs is 1. The monoisotopic (exact) mass is 361 g/mol. The molecule has 24 heavy (non-hydrogen) atoms. The Hall–Kier alpha value is -1.38. The number of hydrogen-bond donors (Lipinski definition) is 1. The SMILES string of the molecule is COC1C(Sc2cnc(C(F)(F)F)c(C#N)c2)OC2COC2C1N. The van der Waals surface area contributed by atoms with E-state index in [0.29, 0.717) is 11.5 Å². The number of hydrogen-bond acceptors (Lipinski definition) is 7. The van der Waals surface area contributed by atoms with Gasteiger partial charge in [-0.2, -0.15) is 18.4 Å². The maximum atomic E-state index is 12.8. The minimum atomic E-state index is -4.68. The Morgan fingerprint density at radius 3 is 2.79 bits per heavy atom. The maximum Gasteiger partial charge on any atom is 0.434 e. The van der Waals surface area contributed by atoms with Crippen molar-refractivity contribution < 1.29 is 27.4 Å². The molecule has 2 fully saturated rings. The van der Waals surface area contributed by atoms with Crippen molar-refractivity contribution in [3.63, 3.8) is 0 Å². The van der Waals surface area contributed by atoms with Crippen LogP contribution in [-0.2, 0) is 20.4 Å². The molecule has 1 aromatic rings. The number of thioether (sulfide) groups is 1. The molecule has 0 amide bonds. The fourth-order valence-corrected chi connectivity index (χ4v) is 3.89. The predicted molar refractivity (Wildman–Crippen MR) is 77.0 cm³/mol. The highest BCUT2D eigenvalue weighted by Gasteiger charge is 2.50. The van der Waals surface area contributed by atoms with Gasteiger partial charge in [0.2, 0.25) is 0 Å². The Morgan fingerprint density at radius 1 is 1.50 bits per heavy atom. The third-order valence-electron chi connectivity index (χ3n) is 3.93. The van der Waals surface area contributed by atoms with Crippen LogP contribution >= 0.6 is 11.8 Å². The van der Waals surface area contributed by atoms with Crippen LogP contribution < -0.4 is 5.73 Å². The lowest BCUT2D eigenvalue weighted by atomic mass is 9.94. The van der Waals surface area contributed by atoms with Crippen LogP contribution in [0.1, 0.15) is 11.3 Å². The van der Waals surface area contributed by atoms with Crippen molar-refractivity contribution in [2.24, 2.45) is 5.73 Å². The summed E-state index contributed by atoms with van der Waals surface area (Å²) in [5, 5.41) is 8.95. The van der Waals surface area contributed by atoms with Crippen LogP contribution in [0.15, 0.2) is 17.2 Å². The molecular weight excluding hydrogens is 347 g/mol. The van der Waals surface area contributed by atoms with Gasteiger partial charge < -0.3 is 19.9 Å². The van der Waals surface area contributed by atoms with Crippen molar-refractivity contribution >= 4 is 11.8 Å². The number of ether oxygens (including phenoxy) is 3. The van der Waals surface area contributed by atoms with E-state index in [1.807, 2.05) is 0 Å². The molecule has 0 aliphatic carbocycles. The first-order chi connectivity index (χ1) is 11.3. The molecule has 0 radical (unpaired) electrons. The smallest absolute Gasteiger partial charge is 0.376 e. The largest absolute Gasteiger partial charge is 0.434 e. The second-order valence-electron chi connectivity index (χ2n) is 5.41. The van der Waals surface area contributed by atoms with Gasteiger partial charge in [0.1, 0.15) is 29.8 Å². The molecule has 6 nitrogen and oxygen atoms in total. The molecule has 3 heterocycles. The minimum Gasteiger partial charge on any atom is -0.376 e. The standard InChI is InChI=1S/C14H14F3N3O3S/c1-21-11-9(19)10-8(5-22-10)23-13(11)24-7-2-6(3-18)12(20-4-7)14(15,16)17/h2,4,8-11,13H,5,19H2,1H3. The van der Waals surface area contributed by atoms with Crippen LogP contribution in [0.5, 0.6) is 0 Å². The zero-order chi connectivity index (χ0) is 17.5. The number of methoxy groups -OCH3 is 1. The lowest BCUT2D eigenvalue weighted by Gasteiger charge is -2.49. The molecule has 0 spiro atoms. The van der Waals surface area contributed by atoms with Gasteiger partial charge in [0.25, 0.3) is 0 Å². The van der Waals surface area contributed by atoms with E-state index < -0.39 is 35.0 Å². The van der Waals surface area contributed by atoms with Gasteiger partial charge in [0, 0.05) is 18.2 Å². The number of nitriles is 1. The van der Waals surface area contributed by atoms with Crippen LogP contribution in [0.4, 0.5) is 13.2 Å². The summed E-state index contributed by atoms with van der Waals surface area (Å²) in [6.07, 6.45) is -4.51. The second kappa shape index (κ2) is 6.50. The molecule has 0 bridgehead atoms. The molecule has 2 aliphatic rings. The highest BCUT2D eigenvalue weighted by Crippen LogP contribution is 2.39. The highest BCUT2D eigenvalue weighted by molar-refractivity contribution is 7.99. The predicted octanol–water partition coefficient (Wildman–Crippen LogP) is 1.53. The molecular formula is C14H14F3N3O3S. The fourth-order valence-electron chi connectivity index (χ4n) is 2.70. The van der Waals surface area contributed by atoms with Gasteiger partial charge in [0.15, 0.2) is 5.69 Å². The van der Waals surface area contributed by atoms with E-state index in [1.165, 1.54) is 13.2 Å². The molecule has 2 saturated heterocycles. The van der Waals surface area contributed by atoms with Crippen LogP contribution in [0, 0.1) is 11.3 Å². The highest BCUT2D eigenvalue weighted by atomic mass is 32.2. The van der Waals surface area contributed by atoms with Crippen LogP contribution in [-0.4, -0.2) is 48.5 Å². The van der Waals surface area contributed by atoms with Crippen molar-refractivity contribution in [1.82, 2.24) is 4.98 Å². The van der Waals surface area contributed by atoms with Gasteiger partial charge in [-0.1, -0.05) is 11.8 Å². The summed E-state index contributed by atoms with van der Waals surface area (Å²) in [7, 11) is 1.48. The average molecular weight is 361 g/mol. The zero-order valence-corrected chi connectivity index (χ0v) is 13.3. The topological polar surface area (TPSA) is 90.4 Å². The third kappa shape index (κ3) is 3.10. The Bertz CT molecular complexity index is 667. The summed E-state index contributed by atoms with van der Waals surface area (Å²) >= 11 is 1.13. The normalized spacial score (nSPS) is 32.6.